The van der Waals surface area contributed by atoms with Crippen molar-refractivity contribution >= 4 is 0 Å². The van der Waals surface area contributed by atoms with Crippen LogP contribution in [-0.2, 0) is 5.41 Å². The quantitative estimate of drug-likeness (QED) is 0.176. The Balaban J connectivity index is 1.10. The third-order valence-corrected chi connectivity index (χ3v) is 11.4. The monoisotopic (exact) mass is 740 g/mol. The van der Waals surface area contributed by atoms with Gasteiger partial charge >= 0.3 is 0 Å². The van der Waals surface area contributed by atoms with Gasteiger partial charge in [0.05, 0.1) is 17.0 Å². The zero-order valence-corrected chi connectivity index (χ0v) is 31.2. The van der Waals surface area contributed by atoms with Gasteiger partial charge in [-0.1, -0.05) is 152 Å². The van der Waals surface area contributed by atoms with Gasteiger partial charge in [-0.05, 0) is 87.0 Å². The van der Waals surface area contributed by atoms with E-state index >= 15 is 0 Å². The number of nitrogens with zero attached hydrogens (tertiary/aromatic N) is 4. The minimum Gasteiger partial charge on any atom is -0.457 e. The smallest absolute Gasteiger partial charge is 0.164 e. The predicted molar refractivity (Wildman–Crippen MR) is 229 cm³/mol. The van der Waals surface area contributed by atoms with Gasteiger partial charge in [-0.15, -0.1) is 0 Å². The maximum atomic E-state index is 9.49. The van der Waals surface area contributed by atoms with Crippen molar-refractivity contribution < 1.29 is 4.74 Å². The molecule has 0 atom stereocenters. The average Bonchev–Trinajstić information content (AvgIpc) is 3.58. The Bertz CT molecular complexity index is 2990. The number of aromatic nitrogens is 3. The van der Waals surface area contributed by atoms with Gasteiger partial charge in [0.15, 0.2) is 17.5 Å². The number of hydrogen-bond acceptors (Lipinski definition) is 5. The van der Waals surface area contributed by atoms with Crippen LogP contribution in [0.25, 0.3) is 67.5 Å². The highest BCUT2D eigenvalue weighted by atomic mass is 16.5. The summed E-state index contributed by atoms with van der Waals surface area (Å²) in [6, 6.07) is 69.2. The lowest BCUT2D eigenvalue weighted by molar-refractivity contribution is 0.436. The molecule has 11 rings (SSSR count). The standard InChI is InChI=1S/C53H32N4O/c54-33-34-22-24-35(25-23-34)39-26-28-42-43-29-27-40(32-47(43)53(46(42)31-39)44-18-7-9-20-48(44)58-49-21-10-8-19-45(49)53)38-16-11-17-41(30-38)52-56-50(36-12-3-1-4-13-36)55-51(57-52)37-14-5-2-6-15-37/h1-32H. The van der Waals surface area contributed by atoms with Crippen molar-refractivity contribution in [3.05, 3.63) is 222 Å². The molecule has 1 aliphatic heterocycles. The Kier molecular flexibility index (Phi) is 7.70. The highest BCUT2D eigenvalue weighted by Crippen LogP contribution is 2.62. The SMILES string of the molecule is N#Cc1ccc(-c2ccc3c(c2)C2(c4ccccc4Oc4ccccc42)c2cc(-c4cccc(-c5nc(-c6ccccc6)nc(-c6ccccc6)n5)c4)ccc2-3)cc1. The Labute approximate surface area is 336 Å². The maximum Gasteiger partial charge on any atom is 0.164 e. The van der Waals surface area contributed by atoms with Gasteiger partial charge in [0.1, 0.15) is 11.5 Å². The molecule has 0 saturated heterocycles. The van der Waals surface area contributed by atoms with Crippen LogP contribution in [0.3, 0.4) is 0 Å². The fourth-order valence-electron chi connectivity index (χ4n) is 8.77. The molecule has 0 fully saturated rings. The van der Waals surface area contributed by atoms with E-state index in [1.165, 1.54) is 22.3 Å². The molecule has 8 aromatic carbocycles. The molecule has 58 heavy (non-hydrogen) atoms. The molecule has 2 aliphatic rings. The van der Waals surface area contributed by atoms with E-state index in [4.69, 9.17) is 19.7 Å². The Morgan fingerprint density at radius 3 is 1.34 bits per heavy atom. The molecule has 1 aromatic heterocycles. The molecule has 1 aliphatic carbocycles. The number of nitriles is 1. The topological polar surface area (TPSA) is 71.7 Å². The van der Waals surface area contributed by atoms with Crippen molar-refractivity contribution in [2.75, 3.05) is 0 Å². The second-order valence-electron chi connectivity index (χ2n) is 14.7. The lowest BCUT2D eigenvalue weighted by Gasteiger charge is -2.39. The molecule has 0 unspecified atom stereocenters. The minimum absolute atomic E-state index is 0.613. The summed E-state index contributed by atoms with van der Waals surface area (Å²) in [5.41, 5.74) is 14.0. The van der Waals surface area contributed by atoms with Crippen molar-refractivity contribution in [3.63, 3.8) is 0 Å². The molecular formula is C53H32N4O. The van der Waals surface area contributed by atoms with Gasteiger partial charge in [-0.3, -0.25) is 0 Å². The third-order valence-electron chi connectivity index (χ3n) is 11.4. The summed E-state index contributed by atoms with van der Waals surface area (Å²) < 4.78 is 6.65. The first kappa shape index (κ1) is 33.4. The molecule has 0 N–H and O–H groups in total. The van der Waals surface area contributed by atoms with E-state index < -0.39 is 5.41 Å². The van der Waals surface area contributed by atoms with Crippen molar-refractivity contribution in [2.45, 2.75) is 5.41 Å². The first-order chi connectivity index (χ1) is 28.7. The molecular weight excluding hydrogens is 709 g/mol. The van der Waals surface area contributed by atoms with Crippen molar-refractivity contribution in [2.24, 2.45) is 0 Å². The van der Waals surface area contributed by atoms with Gasteiger partial charge in [-0.2, -0.15) is 5.26 Å². The Hall–Kier alpha value is -7.94. The van der Waals surface area contributed by atoms with E-state index in [1.54, 1.807) is 0 Å². The summed E-state index contributed by atoms with van der Waals surface area (Å²) in [6.45, 7) is 0. The van der Waals surface area contributed by atoms with Crippen molar-refractivity contribution in [1.29, 1.82) is 5.26 Å². The summed E-state index contributed by atoms with van der Waals surface area (Å²) >= 11 is 0. The van der Waals surface area contributed by atoms with Gasteiger partial charge < -0.3 is 4.74 Å². The van der Waals surface area contributed by atoms with Crippen LogP contribution in [0.4, 0.5) is 0 Å². The normalized spacial score (nSPS) is 12.7. The Morgan fingerprint density at radius 2 is 0.793 bits per heavy atom. The number of fused-ring (bicyclic) bond motifs is 9. The first-order valence-electron chi connectivity index (χ1n) is 19.3. The molecule has 1 spiro atoms. The molecule has 0 bridgehead atoms. The fourth-order valence-corrected chi connectivity index (χ4v) is 8.77. The van der Waals surface area contributed by atoms with Crippen LogP contribution in [0.2, 0.25) is 0 Å². The molecule has 270 valence electrons. The highest BCUT2D eigenvalue weighted by molar-refractivity contribution is 5.92. The van der Waals surface area contributed by atoms with E-state index in [1.807, 2.05) is 97.1 Å². The van der Waals surface area contributed by atoms with Gasteiger partial charge in [0, 0.05) is 27.8 Å². The second-order valence-corrected chi connectivity index (χ2v) is 14.7. The lowest BCUT2D eigenvalue weighted by Crippen LogP contribution is -2.32. The van der Waals surface area contributed by atoms with Crippen LogP contribution in [0.15, 0.2) is 194 Å². The number of rotatable bonds is 5. The number of ether oxygens (including phenoxy) is 1. The van der Waals surface area contributed by atoms with Gasteiger partial charge in [-0.25, -0.2) is 15.0 Å². The van der Waals surface area contributed by atoms with Gasteiger partial charge in [0.2, 0.25) is 0 Å². The molecule has 2 heterocycles. The predicted octanol–water partition coefficient (Wildman–Crippen LogP) is 12.5. The van der Waals surface area contributed by atoms with Crippen LogP contribution < -0.4 is 4.74 Å². The maximum absolute atomic E-state index is 9.49. The Morgan fingerprint density at radius 1 is 0.362 bits per heavy atom. The minimum atomic E-state index is -0.657. The summed E-state index contributed by atoms with van der Waals surface area (Å²) in [5.74, 6) is 3.56. The molecule has 0 amide bonds. The zero-order valence-electron chi connectivity index (χ0n) is 31.2. The summed E-state index contributed by atoms with van der Waals surface area (Å²) in [7, 11) is 0. The van der Waals surface area contributed by atoms with E-state index in [-0.39, 0.29) is 0 Å². The third kappa shape index (κ3) is 5.27. The number of benzene rings is 8. The average molecular weight is 741 g/mol. The van der Waals surface area contributed by atoms with E-state index in [2.05, 4.69) is 103 Å². The van der Waals surface area contributed by atoms with Gasteiger partial charge in [0.25, 0.3) is 0 Å². The molecule has 9 aromatic rings. The van der Waals surface area contributed by atoms with Crippen LogP contribution in [0.1, 0.15) is 27.8 Å². The summed E-state index contributed by atoms with van der Waals surface area (Å²) in [4.78, 5) is 15.0. The van der Waals surface area contributed by atoms with E-state index in [9.17, 15) is 5.26 Å². The molecule has 5 nitrogen and oxygen atoms in total. The fraction of sp³-hybridized carbons (Fsp3) is 0.0189. The first-order valence-corrected chi connectivity index (χ1v) is 19.3. The number of hydrogen-bond donors (Lipinski definition) is 0. The second kappa shape index (κ2) is 13.4. The lowest BCUT2D eigenvalue weighted by atomic mass is 9.65. The largest absolute Gasteiger partial charge is 0.457 e. The summed E-state index contributed by atoms with van der Waals surface area (Å²) in [5, 5.41) is 9.49. The zero-order chi connectivity index (χ0) is 38.6. The molecule has 5 heteroatoms. The van der Waals surface area contributed by atoms with Crippen LogP contribution in [-0.4, -0.2) is 15.0 Å². The molecule has 0 saturated carbocycles. The number of para-hydroxylation sites is 2. The van der Waals surface area contributed by atoms with Crippen LogP contribution >= 0.6 is 0 Å². The van der Waals surface area contributed by atoms with Crippen LogP contribution in [0.5, 0.6) is 11.5 Å². The highest BCUT2D eigenvalue weighted by Gasteiger charge is 2.51. The van der Waals surface area contributed by atoms with Crippen molar-refractivity contribution in [3.8, 4) is 85.1 Å². The van der Waals surface area contributed by atoms with E-state index in [0.717, 1.165) is 61.6 Å². The van der Waals surface area contributed by atoms with Crippen LogP contribution in [0, 0.1) is 11.3 Å². The van der Waals surface area contributed by atoms with E-state index in [0.29, 0.717) is 23.0 Å². The molecule has 0 radical (unpaired) electrons. The summed E-state index contributed by atoms with van der Waals surface area (Å²) in [6.07, 6.45) is 0. The van der Waals surface area contributed by atoms with Crippen molar-refractivity contribution in [1.82, 2.24) is 15.0 Å².